The van der Waals surface area contributed by atoms with Crippen LogP contribution in [0.15, 0.2) is 215 Å². The van der Waals surface area contributed by atoms with Gasteiger partial charge in [0.2, 0.25) is 0 Å². The quantitative estimate of drug-likeness (QED) is 0.164. The first-order valence-electron chi connectivity index (χ1n) is 24.6. The first kappa shape index (κ1) is 39.9. The molecule has 0 N–H and O–H groups in total. The van der Waals surface area contributed by atoms with Gasteiger partial charge in [-0.25, -0.2) is 0 Å². The predicted molar refractivity (Wildman–Crippen MR) is 302 cm³/mol. The fourth-order valence-corrected chi connectivity index (χ4v) is 21.6. The number of benzene rings is 11. The summed E-state index contributed by atoms with van der Waals surface area (Å²) >= 11 is 0. The van der Waals surface area contributed by atoms with Crippen molar-refractivity contribution in [3.05, 3.63) is 206 Å². The number of fused-ring (bicyclic) bond motifs is 17. The monoisotopic (exact) mass is 926 g/mol. The molecule has 330 valence electrons. The zero-order chi connectivity index (χ0) is 46.6. The molecule has 0 saturated heterocycles. The molecule has 15 rings (SSSR count). The van der Waals surface area contributed by atoms with Crippen molar-refractivity contribution < 1.29 is 8.83 Å². The fraction of sp³-hybridized carbons (Fsp3) is 0.0606. The Hall–Kier alpha value is -8.03. The van der Waals surface area contributed by atoms with Crippen LogP contribution >= 0.6 is 0 Å². The molecule has 0 amide bonds. The predicted octanol–water partition coefficient (Wildman–Crippen LogP) is 16.1. The molecule has 13 aromatic rings. The molecule has 0 saturated carbocycles. The Balaban J connectivity index is 0.991. The zero-order valence-electron chi connectivity index (χ0n) is 39.4. The molecule has 4 heterocycles. The molecule has 0 radical (unpaired) electrons. The summed E-state index contributed by atoms with van der Waals surface area (Å²) in [7, 11) is -4.85. The highest BCUT2D eigenvalue weighted by Crippen LogP contribution is 2.50. The average Bonchev–Trinajstić information content (AvgIpc) is 4.11. The van der Waals surface area contributed by atoms with Crippen molar-refractivity contribution in [2.75, 3.05) is 0 Å². The van der Waals surface area contributed by atoms with E-state index in [4.69, 9.17) is 8.83 Å². The Bertz CT molecular complexity index is 4120. The maximum Gasteiger partial charge on any atom is 0.143 e. The SMILES string of the molecule is C[Si]1(C)c2cc(-c3ccc(-c4ccccc4)c4ccccc34)c3oc4ccccc4c3c2-c2ccc3c(c21)[Si](C)(C)c1cc(-c2ccc(-c4ccccc4)c4ccccc24)c2oc4ccccc4c2c1-3. The third-order valence-electron chi connectivity index (χ3n) is 16.2. The highest BCUT2D eigenvalue weighted by Gasteiger charge is 2.49. The smallest absolute Gasteiger partial charge is 0.143 e. The Labute approximate surface area is 408 Å². The van der Waals surface area contributed by atoms with Gasteiger partial charge in [0.15, 0.2) is 0 Å². The third-order valence-corrected chi connectivity index (χ3v) is 23.5. The van der Waals surface area contributed by atoms with Crippen molar-refractivity contribution in [2.45, 2.75) is 26.2 Å². The summed E-state index contributed by atoms with van der Waals surface area (Å²) in [4.78, 5) is 0. The van der Waals surface area contributed by atoms with Crippen LogP contribution in [0.5, 0.6) is 0 Å². The molecule has 0 fully saturated rings. The summed E-state index contributed by atoms with van der Waals surface area (Å²) in [6, 6.07) is 76.2. The minimum Gasteiger partial charge on any atom is -0.455 e. The largest absolute Gasteiger partial charge is 0.455 e. The van der Waals surface area contributed by atoms with Crippen LogP contribution in [0.4, 0.5) is 0 Å². The lowest BCUT2D eigenvalue weighted by atomic mass is 9.88. The van der Waals surface area contributed by atoms with Crippen LogP contribution in [-0.4, -0.2) is 16.1 Å². The van der Waals surface area contributed by atoms with Crippen LogP contribution in [0.2, 0.25) is 26.2 Å². The van der Waals surface area contributed by atoms with Crippen molar-refractivity contribution in [1.82, 2.24) is 0 Å². The van der Waals surface area contributed by atoms with Crippen molar-refractivity contribution in [2.24, 2.45) is 0 Å². The first-order chi connectivity index (χ1) is 34.3. The Morgan fingerprint density at radius 2 is 0.600 bits per heavy atom. The normalized spacial score (nSPS) is 14.2. The van der Waals surface area contributed by atoms with E-state index in [9.17, 15) is 0 Å². The van der Waals surface area contributed by atoms with Gasteiger partial charge in [-0.1, -0.05) is 220 Å². The maximum absolute atomic E-state index is 7.11. The lowest BCUT2D eigenvalue weighted by Crippen LogP contribution is -2.63. The number of hydrogen-bond acceptors (Lipinski definition) is 2. The van der Waals surface area contributed by atoms with E-state index in [0.29, 0.717) is 0 Å². The molecular weight excluding hydrogens is 881 g/mol. The van der Waals surface area contributed by atoms with Gasteiger partial charge < -0.3 is 8.83 Å². The summed E-state index contributed by atoms with van der Waals surface area (Å²) < 4.78 is 14.2. The van der Waals surface area contributed by atoms with E-state index in [0.717, 1.165) is 22.3 Å². The highest BCUT2D eigenvalue weighted by molar-refractivity contribution is 7.13. The minimum absolute atomic E-state index is 0.930. The van der Waals surface area contributed by atoms with Crippen molar-refractivity contribution in [1.29, 1.82) is 0 Å². The molecule has 0 bridgehead atoms. The molecule has 0 unspecified atom stereocenters. The zero-order valence-corrected chi connectivity index (χ0v) is 41.4. The molecule has 2 aliphatic rings. The average molecular weight is 927 g/mol. The molecule has 0 aliphatic carbocycles. The van der Waals surface area contributed by atoms with E-state index in [2.05, 4.69) is 232 Å². The molecule has 0 spiro atoms. The lowest BCUT2D eigenvalue weighted by molar-refractivity contribution is 0.670. The summed E-state index contributed by atoms with van der Waals surface area (Å²) in [6.45, 7) is 10.5. The van der Waals surface area contributed by atoms with Crippen LogP contribution in [0.1, 0.15) is 0 Å². The number of para-hydroxylation sites is 2. The van der Waals surface area contributed by atoms with Crippen LogP contribution < -0.4 is 20.7 Å². The number of hydrogen-bond donors (Lipinski definition) is 0. The van der Waals surface area contributed by atoms with Crippen molar-refractivity contribution in [3.8, 4) is 66.8 Å². The highest BCUT2D eigenvalue weighted by atomic mass is 28.3. The van der Waals surface area contributed by atoms with E-state index in [1.54, 1.807) is 10.4 Å². The second-order valence-corrected chi connectivity index (χ2v) is 29.2. The van der Waals surface area contributed by atoms with Gasteiger partial charge >= 0.3 is 0 Å². The topological polar surface area (TPSA) is 26.3 Å². The Morgan fingerprint density at radius 3 is 1.00 bits per heavy atom. The number of furan rings is 2. The van der Waals surface area contributed by atoms with E-state index in [1.165, 1.54) is 120 Å². The summed E-state index contributed by atoms with van der Waals surface area (Å²) in [5.41, 5.74) is 19.0. The van der Waals surface area contributed by atoms with Gasteiger partial charge in [0.05, 0.1) is 0 Å². The Kier molecular flexibility index (Phi) is 8.14. The summed E-state index contributed by atoms with van der Waals surface area (Å²) in [5.74, 6) is 0. The second-order valence-electron chi connectivity index (χ2n) is 20.6. The second kappa shape index (κ2) is 14.3. The van der Waals surface area contributed by atoms with E-state index in [1.807, 2.05) is 0 Å². The maximum atomic E-state index is 7.11. The lowest BCUT2D eigenvalue weighted by Gasteiger charge is -2.28. The van der Waals surface area contributed by atoms with E-state index >= 15 is 0 Å². The molecule has 0 atom stereocenters. The summed E-state index contributed by atoms with van der Waals surface area (Å²) in [5, 5.41) is 16.0. The van der Waals surface area contributed by atoms with Gasteiger partial charge in [-0.15, -0.1) is 0 Å². The molecule has 2 nitrogen and oxygen atoms in total. The van der Waals surface area contributed by atoms with Gasteiger partial charge in [0.25, 0.3) is 0 Å². The molecule has 11 aromatic carbocycles. The van der Waals surface area contributed by atoms with Gasteiger partial charge in [0.1, 0.15) is 38.5 Å². The molecule has 70 heavy (non-hydrogen) atoms. The Morgan fingerprint density at radius 1 is 0.286 bits per heavy atom. The van der Waals surface area contributed by atoms with Crippen LogP contribution in [-0.2, 0) is 0 Å². The molecule has 4 heteroatoms. The number of rotatable bonds is 4. The van der Waals surface area contributed by atoms with Gasteiger partial charge in [0, 0.05) is 32.7 Å². The molecular formula is C66H46O2Si2. The van der Waals surface area contributed by atoms with Gasteiger partial charge in [-0.3, -0.25) is 0 Å². The molecule has 2 aliphatic heterocycles. The van der Waals surface area contributed by atoms with Gasteiger partial charge in [-0.05, 0) is 110 Å². The standard InChI is InChI=1S/C66H46O2Si2/c1-69(2)57-37-53(47-33-31-41(39-19-7-5-8-20-39)43-23-11-13-25-45(43)47)63-61(49-27-15-17-29-55(49)67-63)59(57)51-35-36-52-60-58(70(3,4)66(52)65(51)69)38-54(64-62(60)50-28-16-18-30-56(50)68-64)48-34-32-42(40-21-9-6-10-22-40)44-24-12-14-26-46(44)48/h5-38H,1-4H3. The van der Waals surface area contributed by atoms with E-state index in [-0.39, 0.29) is 0 Å². The van der Waals surface area contributed by atoms with Crippen molar-refractivity contribution in [3.63, 3.8) is 0 Å². The van der Waals surface area contributed by atoms with Crippen LogP contribution in [0, 0.1) is 0 Å². The molecule has 2 aromatic heterocycles. The van der Waals surface area contributed by atoms with Gasteiger partial charge in [-0.2, -0.15) is 0 Å². The van der Waals surface area contributed by atoms with Crippen LogP contribution in [0.25, 0.3) is 132 Å². The van der Waals surface area contributed by atoms with Crippen molar-refractivity contribution >= 4 is 102 Å². The minimum atomic E-state index is -2.43. The van der Waals surface area contributed by atoms with Crippen LogP contribution in [0.3, 0.4) is 0 Å². The fourth-order valence-electron chi connectivity index (χ4n) is 13.1. The third kappa shape index (κ3) is 5.27. The summed E-state index contributed by atoms with van der Waals surface area (Å²) in [6.07, 6.45) is 0. The van der Waals surface area contributed by atoms with E-state index < -0.39 is 16.1 Å². The first-order valence-corrected chi connectivity index (χ1v) is 30.6.